The first kappa shape index (κ1) is 17.3. The number of ether oxygens (including phenoxy) is 1. The van der Waals surface area contributed by atoms with Gasteiger partial charge >= 0.3 is 5.97 Å². The summed E-state index contributed by atoms with van der Waals surface area (Å²) in [5, 5.41) is 16.3. The van der Waals surface area contributed by atoms with Crippen molar-refractivity contribution in [2.24, 2.45) is 5.18 Å². The molecule has 0 amide bonds. The SMILES string of the molecule is CC(C)(COc1ccc2c(C(=O)O)nn(C(F)CP)c2c1)N=O. The first-order chi connectivity index (χ1) is 10.8. The lowest BCUT2D eigenvalue weighted by molar-refractivity contribution is 0.0690. The standard InChI is InChI=1S/C14H17FN3O4P/c1-14(2,17-21)7-22-8-3-4-9-10(5-8)18(11(15)6-23)16-12(9)13(19)20/h3-5,11H,6-7,23H2,1-2H3,(H,19,20). The lowest BCUT2D eigenvalue weighted by atomic mass is 10.1. The number of carboxylic acid groups (broad SMARTS) is 1. The van der Waals surface area contributed by atoms with E-state index >= 15 is 0 Å². The molecule has 2 unspecified atom stereocenters. The molecule has 0 aliphatic rings. The van der Waals surface area contributed by atoms with Crippen molar-refractivity contribution in [2.75, 3.05) is 12.8 Å². The second-order valence-corrected chi connectivity index (χ2v) is 6.11. The van der Waals surface area contributed by atoms with Crippen LogP contribution in [0.1, 0.15) is 30.6 Å². The number of benzene rings is 1. The van der Waals surface area contributed by atoms with Crippen molar-refractivity contribution in [3.63, 3.8) is 0 Å². The largest absolute Gasteiger partial charge is 0.491 e. The molecule has 7 nitrogen and oxygen atoms in total. The molecule has 2 rings (SSSR count). The quantitative estimate of drug-likeness (QED) is 0.617. The van der Waals surface area contributed by atoms with Crippen molar-refractivity contribution in [1.29, 1.82) is 0 Å². The minimum atomic E-state index is -1.47. The number of carbonyl (C=O) groups is 1. The van der Waals surface area contributed by atoms with Crippen LogP contribution in [-0.2, 0) is 0 Å². The molecule has 2 atom stereocenters. The summed E-state index contributed by atoms with van der Waals surface area (Å²) in [7, 11) is 2.25. The Bertz CT molecular complexity index is 747. The summed E-state index contributed by atoms with van der Waals surface area (Å²) >= 11 is 0. The zero-order valence-electron chi connectivity index (χ0n) is 12.7. The van der Waals surface area contributed by atoms with Gasteiger partial charge in [0.15, 0.2) is 12.0 Å². The molecule has 0 radical (unpaired) electrons. The second-order valence-electron chi connectivity index (χ2n) is 5.64. The van der Waals surface area contributed by atoms with Gasteiger partial charge in [-0.05, 0) is 26.0 Å². The summed E-state index contributed by atoms with van der Waals surface area (Å²) in [4.78, 5) is 21.9. The van der Waals surface area contributed by atoms with Gasteiger partial charge in [0, 0.05) is 17.6 Å². The van der Waals surface area contributed by atoms with Gasteiger partial charge in [0.2, 0.25) is 0 Å². The highest BCUT2D eigenvalue weighted by Crippen LogP contribution is 2.28. The minimum Gasteiger partial charge on any atom is -0.491 e. The highest BCUT2D eigenvalue weighted by molar-refractivity contribution is 7.16. The van der Waals surface area contributed by atoms with E-state index in [1.165, 1.54) is 12.1 Å². The second kappa shape index (κ2) is 6.58. The Morgan fingerprint density at radius 3 is 2.83 bits per heavy atom. The molecule has 1 N–H and O–H groups in total. The van der Waals surface area contributed by atoms with Crippen LogP contribution in [0.5, 0.6) is 5.75 Å². The topological polar surface area (TPSA) is 93.8 Å². The van der Waals surface area contributed by atoms with Crippen LogP contribution in [-0.4, -0.2) is 39.2 Å². The average molecular weight is 341 g/mol. The summed E-state index contributed by atoms with van der Waals surface area (Å²) in [5.41, 5.74) is -0.807. The Balaban J connectivity index is 2.44. The third kappa shape index (κ3) is 3.64. The van der Waals surface area contributed by atoms with E-state index in [4.69, 9.17) is 4.74 Å². The normalized spacial score (nSPS) is 13.0. The van der Waals surface area contributed by atoms with E-state index in [2.05, 4.69) is 19.5 Å². The molecular weight excluding hydrogens is 324 g/mol. The third-order valence-electron chi connectivity index (χ3n) is 3.18. The number of aromatic carboxylic acids is 1. The fourth-order valence-corrected chi connectivity index (χ4v) is 2.16. The number of alkyl halides is 1. The van der Waals surface area contributed by atoms with Crippen LogP contribution in [0, 0.1) is 4.91 Å². The van der Waals surface area contributed by atoms with Crippen molar-refractivity contribution in [2.45, 2.75) is 25.7 Å². The third-order valence-corrected chi connectivity index (χ3v) is 3.57. The summed E-state index contributed by atoms with van der Waals surface area (Å²) in [6, 6.07) is 4.56. The molecule has 0 spiro atoms. The molecular formula is C14H17FN3O4P. The van der Waals surface area contributed by atoms with Gasteiger partial charge in [-0.25, -0.2) is 13.9 Å². The predicted octanol–water partition coefficient (Wildman–Crippen LogP) is 3.00. The van der Waals surface area contributed by atoms with Gasteiger partial charge in [0.05, 0.1) is 5.52 Å². The monoisotopic (exact) mass is 341 g/mol. The fourth-order valence-electron chi connectivity index (χ4n) is 1.96. The number of hydrogen-bond donors (Lipinski definition) is 1. The Morgan fingerprint density at radius 2 is 2.26 bits per heavy atom. The van der Waals surface area contributed by atoms with E-state index in [-0.39, 0.29) is 18.5 Å². The predicted molar refractivity (Wildman–Crippen MR) is 86.8 cm³/mol. The van der Waals surface area contributed by atoms with E-state index in [0.29, 0.717) is 16.7 Å². The number of fused-ring (bicyclic) bond motifs is 1. The molecule has 1 aromatic carbocycles. The molecule has 9 heteroatoms. The van der Waals surface area contributed by atoms with E-state index in [1.54, 1.807) is 19.9 Å². The van der Waals surface area contributed by atoms with Crippen LogP contribution in [0.25, 0.3) is 10.9 Å². The Hall–Kier alpha value is -2.08. The highest BCUT2D eigenvalue weighted by atomic mass is 31.0. The lowest BCUT2D eigenvalue weighted by Crippen LogP contribution is -2.25. The zero-order valence-corrected chi connectivity index (χ0v) is 13.8. The van der Waals surface area contributed by atoms with Crippen LogP contribution in [0.2, 0.25) is 0 Å². The van der Waals surface area contributed by atoms with Crippen molar-refractivity contribution >= 4 is 26.1 Å². The maximum atomic E-state index is 14.0. The van der Waals surface area contributed by atoms with Gasteiger partial charge in [0.1, 0.15) is 17.9 Å². The molecule has 0 fully saturated rings. The van der Waals surface area contributed by atoms with Crippen LogP contribution in [0.15, 0.2) is 23.4 Å². The first-order valence-corrected chi connectivity index (χ1v) is 7.67. The number of carboxylic acids is 1. The van der Waals surface area contributed by atoms with Gasteiger partial charge in [0.25, 0.3) is 0 Å². The van der Waals surface area contributed by atoms with Crippen molar-refractivity contribution in [3.8, 4) is 5.75 Å². The average Bonchev–Trinajstić information content (AvgIpc) is 2.91. The van der Waals surface area contributed by atoms with Crippen LogP contribution < -0.4 is 4.74 Å². The molecule has 0 aliphatic carbocycles. The molecule has 23 heavy (non-hydrogen) atoms. The summed E-state index contributed by atoms with van der Waals surface area (Å²) in [6.45, 7) is 3.29. The van der Waals surface area contributed by atoms with Crippen LogP contribution >= 0.6 is 9.24 Å². The highest BCUT2D eigenvalue weighted by Gasteiger charge is 2.22. The minimum absolute atomic E-state index is 0.0462. The molecule has 1 heterocycles. The van der Waals surface area contributed by atoms with Crippen molar-refractivity contribution < 1.29 is 19.0 Å². The number of nitrogens with zero attached hydrogens (tertiary/aromatic N) is 3. The number of nitroso groups, excluding NO2 is 1. The Kier molecular flexibility index (Phi) is 4.94. The van der Waals surface area contributed by atoms with Gasteiger partial charge < -0.3 is 9.84 Å². The molecule has 1 aromatic heterocycles. The van der Waals surface area contributed by atoms with E-state index in [9.17, 15) is 19.2 Å². The van der Waals surface area contributed by atoms with Gasteiger partial charge in [-0.1, -0.05) is 5.18 Å². The van der Waals surface area contributed by atoms with E-state index < -0.39 is 17.8 Å². The van der Waals surface area contributed by atoms with E-state index in [1.807, 2.05) is 0 Å². The van der Waals surface area contributed by atoms with Crippen LogP contribution in [0.4, 0.5) is 4.39 Å². The van der Waals surface area contributed by atoms with Gasteiger partial charge in [-0.15, -0.1) is 9.24 Å². The number of halogens is 1. The fraction of sp³-hybridized carbons (Fsp3) is 0.429. The Morgan fingerprint density at radius 1 is 1.57 bits per heavy atom. The maximum Gasteiger partial charge on any atom is 0.357 e. The molecule has 0 bridgehead atoms. The molecule has 2 aromatic rings. The van der Waals surface area contributed by atoms with Gasteiger partial charge in [-0.3, -0.25) is 0 Å². The summed E-state index contributed by atoms with van der Waals surface area (Å²) < 4.78 is 20.5. The van der Waals surface area contributed by atoms with Crippen molar-refractivity contribution in [1.82, 2.24) is 9.78 Å². The smallest absolute Gasteiger partial charge is 0.357 e. The summed E-state index contributed by atoms with van der Waals surface area (Å²) in [6.07, 6.45) is -1.40. The lowest BCUT2D eigenvalue weighted by Gasteiger charge is -2.16. The summed E-state index contributed by atoms with van der Waals surface area (Å²) in [5.74, 6) is -0.854. The maximum absolute atomic E-state index is 14.0. The molecule has 0 aliphatic heterocycles. The number of aromatic nitrogens is 2. The van der Waals surface area contributed by atoms with Crippen molar-refractivity contribution in [3.05, 3.63) is 28.8 Å². The number of hydrogen-bond acceptors (Lipinski definition) is 5. The molecule has 0 saturated heterocycles. The molecule has 0 saturated carbocycles. The van der Waals surface area contributed by atoms with Gasteiger partial charge in [-0.2, -0.15) is 10.0 Å². The first-order valence-electron chi connectivity index (χ1n) is 6.86. The Labute approximate surface area is 134 Å². The molecule has 124 valence electrons. The van der Waals surface area contributed by atoms with E-state index in [0.717, 1.165) is 4.68 Å². The number of rotatable bonds is 7. The van der Waals surface area contributed by atoms with Crippen LogP contribution in [0.3, 0.4) is 0 Å². The zero-order chi connectivity index (χ0) is 17.2.